The predicted octanol–water partition coefficient (Wildman–Crippen LogP) is 3.90. The number of imide groups is 1. The van der Waals surface area contributed by atoms with Gasteiger partial charge in [-0.25, -0.2) is 0 Å². The van der Waals surface area contributed by atoms with Crippen LogP contribution in [0.3, 0.4) is 0 Å². The molecule has 2 aromatic carbocycles. The molecule has 6 heteroatoms. The minimum Gasteiger partial charge on any atom is -0.322 e. The van der Waals surface area contributed by atoms with Gasteiger partial charge in [0.2, 0.25) is 11.8 Å². The van der Waals surface area contributed by atoms with E-state index in [0.29, 0.717) is 22.0 Å². The Labute approximate surface area is 167 Å². The SMILES string of the molecule is O=C(Nc1ccc(Cl)cc1)c1ccc(N2C(=O)[C@@H]3[C@H](C2=O)[C@H]2C=C[C@@H]3C2)cc1. The molecule has 1 N–H and O–H groups in total. The van der Waals surface area contributed by atoms with E-state index in [1.165, 1.54) is 4.90 Å². The number of hydrogen-bond acceptors (Lipinski definition) is 3. The van der Waals surface area contributed by atoms with E-state index in [4.69, 9.17) is 11.6 Å². The Morgan fingerprint density at radius 1 is 0.893 bits per heavy atom. The Balaban J connectivity index is 1.34. The Morgan fingerprint density at radius 3 is 2.04 bits per heavy atom. The number of rotatable bonds is 3. The summed E-state index contributed by atoms with van der Waals surface area (Å²) >= 11 is 5.85. The number of fused-ring (bicyclic) bond motifs is 5. The van der Waals surface area contributed by atoms with Crippen molar-refractivity contribution in [3.8, 4) is 0 Å². The van der Waals surface area contributed by atoms with Gasteiger partial charge in [-0.15, -0.1) is 0 Å². The van der Waals surface area contributed by atoms with Gasteiger partial charge in [-0.1, -0.05) is 23.8 Å². The Hall–Kier alpha value is -2.92. The third-order valence-electron chi connectivity index (χ3n) is 5.96. The second-order valence-corrected chi connectivity index (χ2v) is 7.96. The molecule has 2 bridgehead atoms. The molecule has 1 aliphatic heterocycles. The number of carbonyl (C=O) groups excluding carboxylic acids is 3. The van der Waals surface area contributed by atoms with Crippen molar-refractivity contribution in [1.29, 1.82) is 0 Å². The molecule has 0 unspecified atom stereocenters. The van der Waals surface area contributed by atoms with Crippen molar-refractivity contribution in [2.75, 3.05) is 10.2 Å². The number of benzene rings is 2. The highest BCUT2D eigenvalue weighted by Crippen LogP contribution is 2.53. The van der Waals surface area contributed by atoms with Gasteiger partial charge in [0.15, 0.2) is 0 Å². The minimum atomic E-state index is -0.271. The van der Waals surface area contributed by atoms with Crippen molar-refractivity contribution in [2.24, 2.45) is 23.7 Å². The molecule has 5 nitrogen and oxygen atoms in total. The normalized spacial score (nSPS) is 27.4. The van der Waals surface area contributed by atoms with Crippen LogP contribution in [0.15, 0.2) is 60.7 Å². The Bertz CT molecular complexity index is 983. The quantitative estimate of drug-likeness (QED) is 0.636. The van der Waals surface area contributed by atoms with E-state index in [1.807, 2.05) is 0 Å². The molecule has 2 aliphatic carbocycles. The summed E-state index contributed by atoms with van der Waals surface area (Å²) < 4.78 is 0. The zero-order valence-electron chi connectivity index (χ0n) is 14.8. The fraction of sp³-hybridized carbons (Fsp3) is 0.227. The van der Waals surface area contributed by atoms with Crippen LogP contribution in [0.1, 0.15) is 16.8 Å². The molecule has 2 aromatic rings. The molecule has 140 valence electrons. The molecule has 3 aliphatic rings. The molecule has 2 fully saturated rings. The lowest BCUT2D eigenvalue weighted by Gasteiger charge is -2.17. The van der Waals surface area contributed by atoms with Crippen molar-refractivity contribution >= 4 is 40.7 Å². The number of anilines is 2. The van der Waals surface area contributed by atoms with Crippen LogP contribution in [0.4, 0.5) is 11.4 Å². The van der Waals surface area contributed by atoms with E-state index >= 15 is 0 Å². The minimum absolute atomic E-state index is 0.120. The van der Waals surface area contributed by atoms with Crippen LogP contribution in [0.2, 0.25) is 5.02 Å². The molecule has 1 saturated carbocycles. The molecule has 3 amide bonds. The van der Waals surface area contributed by atoms with Gasteiger partial charge in [0.05, 0.1) is 17.5 Å². The highest BCUT2D eigenvalue weighted by Gasteiger charge is 2.59. The molecular weight excluding hydrogens is 376 g/mol. The number of nitrogens with zero attached hydrogens (tertiary/aromatic N) is 1. The van der Waals surface area contributed by atoms with Gasteiger partial charge in [-0.3, -0.25) is 19.3 Å². The largest absolute Gasteiger partial charge is 0.322 e. The maximum Gasteiger partial charge on any atom is 0.255 e. The van der Waals surface area contributed by atoms with Gasteiger partial charge in [0, 0.05) is 16.3 Å². The highest BCUT2D eigenvalue weighted by atomic mass is 35.5. The lowest BCUT2D eigenvalue weighted by atomic mass is 9.85. The summed E-state index contributed by atoms with van der Waals surface area (Å²) in [6, 6.07) is 13.4. The number of carbonyl (C=O) groups is 3. The van der Waals surface area contributed by atoms with Crippen LogP contribution >= 0.6 is 11.6 Å². The van der Waals surface area contributed by atoms with Crippen molar-refractivity contribution in [2.45, 2.75) is 6.42 Å². The van der Waals surface area contributed by atoms with Crippen LogP contribution in [0, 0.1) is 23.7 Å². The number of halogens is 1. The molecule has 5 rings (SSSR count). The molecule has 1 saturated heterocycles. The third-order valence-corrected chi connectivity index (χ3v) is 6.21. The van der Waals surface area contributed by atoms with Gasteiger partial charge in [-0.2, -0.15) is 0 Å². The zero-order valence-corrected chi connectivity index (χ0v) is 15.6. The van der Waals surface area contributed by atoms with Gasteiger partial charge in [-0.05, 0) is 66.8 Å². The molecule has 0 aromatic heterocycles. The standard InChI is InChI=1S/C22H17ClN2O3/c23-15-5-7-16(8-6-15)24-20(26)12-3-9-17(10-4-12)25-21(27)18-13-1-2-14(11-13)19(18)22(25)28/h1-10,13-14,18-19H,11H2,(H,24,26)/t13-,14+,18+,19-. The first-order valence-electron chi connectivity index (χ1n) is 9.26. The van der Waals surface area contributed by atoms with Gasteiger partial charge in [0.25, 0.3) is 5.91 Å². The van der Waals surface area contributed by atoms with Gasteiger partial charge < -0.3 is 5.32 Å². The number of hydrogen-bond donors (Lipinski definition) is 1. The number of amides is 3. The maximum absolute atomic E-state index is 12.9. The van der Waals surface area contributed by atoms with Gasteiger partial charge in [0.1, 0.15) is 0 Å². The van der Waals surface area contributed by atoms with Crippen molar-refractivity contribution in [1.82, 2.24) is 0 Å². The van der Waals surface area contributed by atoms with Crippen LogP contribution in [-0.2, 0) is 9.59 Å². The van der Waals surface area contributed by atoms with Crippen LogP contribution < -0.4 is 10.2 Å². The van der Waals surface area contributed by atoms with E-state index in [1.54, 1.807) is 48.5 Å². The first-order chi connectivity index (χ1) is 13.5. The lowest BCUT2D eigenvalue weighted by molar-refractivity contribution is -0.123. The van der Waals surface area contributed by atoms with E-state index < -0.39 is 0 Å². The fourth-order valence-electron chi connectivity index (χ4n) is 4.66. The van der Waals surface area contributed by atoms with Crippen LogP contribution in [0.5, 0.6) is 0 Å². The average Bonchev–Trinajstić information content (AvgIpc) is 3.38. The first kappa shape index (κ1) is 17.2. The van der Waals surface area contributed by atoms with Crippen molar-refractivity contribution in [3.05, 3.63) is 71.3 Å². The fourth-order valence-corrected chi connectivity index (χ4v) is 4.78. The summed E-state index contributed by atoms with van der Waals surface area (Å²) in [5.41, 5.74) is 1.60. The Morgan fingerprint density at radius 2 is 1.46 bits per heavy atom. The summed E-state index contributed by atoms with van der Waals surface area (Å²) in [6.45, 7) is 0. The van der Waals surface area contributed by atoms with Crippen molar-refractivity contribution < 1.29 is 14.4 Å². The molecule has 0 radical (unpaired) electrons. The summed E-state index contributed by atoms with van der Waals surface area (Å²) in [5.74, 6) is -0.602. The number of allylic oxidation sites excluding steroid dienone is 2. The highest BCUT2D eigenvalue weighted by molar-refractivity contribution is 6.30. The van der Waals surface area contributed by atoms with Gasteiger partial charge >= 0.3 is 0 Å². The molecule has 1 heterocycles. The second-order valence-electron chi connectivity index (χ2n) is 7.52. The zero-order chi connectivity index (χ0) is 19.4. The average molecular weight is 393 g/mol. The summed E-state index contributed by atoms with van der Waals surface area (Å²) in [6.07, 6.45) is 5.06. The predicted molar refractivity (Wildman–Crippen MR) is 106 cm³/mol. The Kier molecular flexibility index (Phi) is 3.88. The molecular formula is C22H17ClN2O3. The summed E-state index contributed by atoms with van der Waals surface area (Å²) in [5, 5.41) is 3.38. The molecule has 0 spiro atoms. The van der Waals surface area contributed by atoms with E-state index in [9.17, 15) is 14.4 Å². The van der Waals surface area contributed by atoms with Crippen molar-refractivity contribution in [3.63, 3.8) is 0 Å². The molecule has 4 atom stereocenters. The van der Waals surface area contributed by atoms with Crippen LogP contribution in [0.25, 0.3) is 0 Å². The summed E-state index contributed by atoms with van der Waals surface area (Å²) in [4.78, 5) is 39.4. The second kappa shape index (κ2) is 6.31. The van der Waals surface area contributed by atoms with E-state index in [-0.39, 0.29) is 41.4 Å². The lowest BCUT2D eigenvalue weighted by Crippen LogP contribution is -2.32. The van der Waals surface area contributed by atoms with E-state index in [0.717, 1.165) is 6.42 Å². The third kappa shape index (κ3) is 2.58. The topological polar surface area (TPSA) is 66.5 Å². The number of nitrogens with one attached hydrogen (secondary N) is 1. The maximum atomic E-state index is 12.9. The monoisotopic (exact) mass is 392 g/mol. The summed E-state index contributed by atoms with van der Waals surface area (Å²) in [7, 11) is 0. The molecule has 28 heavy (non-hydrogen) atoms. The van der Waals surface area contributed by atoms with Crippen LogP contribution in [-0.4, -0.2) is 17.7 Å². The van der Waals surface area contributed by atoms with E-state index in [2.05, 4.69) is 17.5 Å². The first-order valence-corrected chi connectivity index (χ1v) is 9.64. The smallest absolute Gasteiger partial charge is 0.255 e.